The van der Waals surface area contributed by atoms with E-state index in [1.807, 2.05) is 18.2 Å². The maximum atomic E-state index is 13.7. The summed E-state index contributed by atoms with van der Waals surface area (Å²) >= 11 is 0. The fourth-order valence-electron chi connectivity index (χ4n) is 6.22. The molecule has 2 saturated heterocycles. The molecule has 3 aliphatic rings. The molecule has 1 saturated carbocycles. The van der Waals surface area contributed by atoms with Gasteiger partial charge in [-0.05, 0) is 55.7 Å². The Morgan fingerprint density at radius 1 is 1.25 bits per heavy atom. The zero-order valence-corrected chi connectivity index (χ0v) is 20.3. The van der Waals surface area contributed by atoms with E-state index in [2.05, 4.69) is 15.6 Å². The third-order valence-corrected chi connectivity index (χ3v) is 8.04. The smallest absolute Gasteiger partial charge is 0.271 e. The Labute approximate surface area is 208 Å². The molecule has 36 heavy (non-hydrogen) atoms. The number of H-pyrrole nitrogens is 1. The van der Waals surface area contributed by atoms with Crippen molar-refractivity contribution in [3.63, 3.8) is 0 Å². The van der Waals surface area contributed by atoms with Gasteiger partial charge in [0.1, 0.15) is 24.1 Å². The quantitative estimate of drug-likeness (QED) is 0.430. The third kappa shape index (κ3) is 4.34. The number of nitrogens with zero attached hydrogens (tertiary/aromatic N) is 1. The summed E-state index contributed by atoms with van der Waals surface area (Å²) in [5.41, 5.74) is 1.14. The number of carbonyl (C=O) groups excluding carboxylic acids is 4. The summed E-state index contributed by atoms with van der Waals surface area (Å²) < 4.78 is 5.42. The Kier molecular flexibility index (Phi) is 6.70. The second-order valence-corrected chi connectivity index (χ2v) is 10.1. The first-order valence-corrected chi connectivity index (χ1v) is 12.6. The predicted octanol–water partition coefficient (Wildman–Crippen LogP) is 0.990. The van der Waals surface area contributed by atoms with E-state index >= 15 is 0 Å². The third-order valence-electron chi connectivity index (χ3n) is 8.04. The van der Waals surface area contributed by atoms with E-state index < -0.39 is 36.3 Å². The van der Waals surface area contributed by atoms with Crippen LogP contribution < -0.4 is 15.4 Å². The number of aromatic amines is 1. The minimum Gasteiger partial charge on any atom is -0.496 e. The molecule has 10 heteroatoms. The van der Waals surface area contributed by atoms with Gasteiger partial charge >= 0.3 is 0 Å². The first-order chi connectivity index (χ1) is 17.4. The molecule has 10 nitrogen and oxygen atoms in total. The highest BCUT2D eigenvalue weighted by Crippen LogP contribution is 2.43. The Morgan fingerprint density at radius 3 is 2.81 bits per heavy atom. The van der Waals surface area contributed by atoms with E-state index in [0.29, 0.717) is 31.0 Å². The molecule has 0 spiro atoms. The normalized spacial score (nSPS) is 26.1. The van der Waals surface area contributed by atoms with Crippen LogP contribution in [0.25, 0.3) is 10.9 Å². The van der Waals surface area contributed by atoms with Crippen molar-refractivity contribution >= 4 is 34.4 Å². The summed E-state index contributed by atoms with van der Waals surface area (Å²) in [7, 11) is 1.57. The standard InChI is InChI=1S/C26H32N4O6/c1-36-22-7-3-6-18-17(22)11-20(28-18)26(35)30-12-15-4-2-5-16(15)23(30)25(34)29-19(21(32)13-31)10-14-8-9-27-24(14)33/h3,6-7,11,14-16,19,23,28,31H,2,4-5,8-10,12-13H2,1H3,(H,27,33)(H,29,34)/t14-,15-,16-,19-,23+/m1/s1. The average molecular weight is 497 g/mol. The van der Waals surface area contributed by atoms with Crippen LogP contribution in [-0.2, 0) is 14.4 Å². The van der Waals surface area contributed by atoms with Crippen molar-refractivity contribution < 1.29 is 29.0 Å². The molecular formula is C26H32N4O6. The van der Waals surface area contributed by atoms with Gasteiger partial charge in [0.2, 0.25) is 11.8 Å². The minimum atomic E-state index is -0.980. The predicted molar refractivity (Wildman–Crippen MR) is 130 cm³/mol. The highest BCUT2D eigenvalue weighted by Gasteiger charge is 2.50. The second kappa shape index (κ2) is 9.93. The molecule has 1 aromatic carbocycles. The first-order valence-electron chi connectivity index (χ1n) is 12.6. The van der Waals surface area contributed by atoms with Crippen molar-refractivity contribution in [1.82, 2.24) is 20.5 Å². The summed E-state index contributed by atoms with van der Waals surface area (Å²) in [5.74, 6) is -0.889. The van der Waals surface area contributed by atoms with Gasteiger partial charge in [0.25, 0.3) is 5.91 Å². The number of amides is 3. The lowest BCUT2D eigenvalue weighted by Gasteiger charge is -2.29. The molecule has 0 bridgehead atoms. The number of Topliss-reactive ketones (excluding diaryl/α,β-unsaturated/α-hetero) is 1. The van der Waals surface area contributed by atoms with Crippen LogP contribution in [0.2, 0.25) is 0 Å². The number of fused-ring (bicyclic) bond motifs is 2. The number of benzene rings is 1. The van der Waals surface area contributed by atoms with Gasteiger partial charge in [0, 0.05) is 29.9 Å². The molecule has 4 N–H and O–H groups in total. The fraction of sp³-hybridized carbons (Fsp3) is 0.538. The number of hydrogen-bond donors (Lipinski definition) is 4. The molecule has 3 amide bonds. The molecule has 0 radical (unpaired) electrons. The number of likely N-dealkylation sites (tertiary alicyclic amines) is 1. The number of rotatable bonds is 8. The Morgan fingerprint density at radius 2 is 2.08 bits per heavy atom. The number of ketones is 1. The lowest BCUT2D eigenvalue weighted by molar-refractivity contribution is -0.133. The summed E-state index contributed by atoms with van der Waals surface area (Å²) in [4.78, 5) is 56.6. The summed E-state index contributed by atoms with van der Waals surface area (Å²) in [6.45, 7) is 0.273. The second-order valence-electron chi connectivity index (χ2n) is 10.1. The van der Waals surface area contributed by atoms with Crippen LogP contribution in [0.5, 0.6) is 5.75 Å². The van der Waals surface area contributed by atoms with Gasteiger partial charge in [-0.15, -0.1) is 0 Å². The highest BCUT2D eigenvalue weighted by atomic mass is 16.5. The Bertz CT molecular complexity index is 1190. The van der Waals surface area contributed by atoms with E-state index in [9.17, 15) is 24.3 Å². The minimum absolute atomic E-state index is 0.00696. The van der Waals surface area contributed by atoms with Gasteiger partial charge in [-0.2, -0.15) is 0 Å². The molecule has 0 unspecified atom stereocenters. The van der Waals surface area contributed by atoms with Gasteiger partial charge in [0.15, 0.2) is 5.78 Å². The van der Waals surface area contributed by atoms with E-state index in [-0.39, 0.29) is 30.1 Å². The molecule has 3 heterocycles. The monoisotopic (exact) mass is 496 g/mol. The van der Waals surface area contributed by atoms with Crippen molar-refractivity contribution in [3.05, 3.63) is 30.0 Å². The molecule has 1 aliphatic carbocycles. The molecule has 2 aromatic rings. The van der Waals surface area contributed by atoms with Crippen LogP contribution in [0.15, 0.2) is 24.3 Å². The zero-order valence-electron chi connectivity index (χ0n) is 20.3. The molecule has 1 aromatic heterocycles. The van der Waals surface area contributed by atoms with Crippen LogP contribution in [0, 0.1) is 17.8 Å². The number of methoxy groups -OCH3 is 1. The number of hydrogen-bond acceptors (Lipinski definition) is 6. The number of carbonyl (C=O) groups is 4. The number of ether oxygens (including phenoxy) is 1. The van der Waals surface area contributed by atoms with Gasteiger partial charge in [-0.3, -0.25) is 19.2 Å². The Hall–Kier alpha value is -3.40. The summed E-state index contributed by atoms with van der Waals surface area (Å²) in [6, 6.07) is 5.57. The molecule has 5 rings (SSSR count). The fourth-order valence-corrected chi connectivity index (χ4v) is 6.22. The van der Waals surface area contributed by atoms with Gasteiger partial charge < -0.3 is 30.4 Å². The average Bonchev–Trinajstić information content (AvgIpc) is 3.66. The van der Waals surface area contributed by atoms with Crippen molar-refractivity contribution in [2.24, 2.45) is 17.8 Å². The van der Waals surface area contributed by atoms with E-state index in [4.69, 9.17) is 4.74 Å². The first kappa shape index (κ1) is 24.3. The largest absolute Gasteiger partial charge is 0.496 e. The van der Waals surface area contributed by atoms with Crippen molar-refractivity contribution in [2.75, 3.05) is 26.8 Å². The Balaban J connectivity index is 1.39. The van der Waals surface area contributed by atoms with E-state index in [1.54, 1.807) is 18.1 Å². The topological polar surface area (TPSA) is 141 Å². The van der Waals surface area contributed by atoms with Gasteiger partial charge in [-0.25, -0.2) is 0 Å². The van der Waals surface area contributed by atoms with Crippen molar-refractivity contribution in [3.8, 4) is 5.75 Å². The number of aliphatic hydroxyl groups excluding tert-OH is 1. The maximum absolute atomic E-state index is 13.7. The zero-order chi connectivity index (χ0) is 25.4. The molecule has 2 aliphatic heterocycles. The van der Waals surface area contributed by atoms with Crippen LogP contribution in [0.1, 0.15) is 42.6 Å². The van der Waals surface area contributed by atoms with Crippen LogP contribution in [0.4, 0.5) is 0 Å². The highest BCUT2D eigenvalue weighted by molar-refractivity contribution is 6.02. The van der Waals surface area contributed by atoms with Crippen LogP contribution in [0.3, 0.4) is 0 Å². The lowest BCUT2D eigenvalue weighted by atomic mass is 9.92. The number of aliphatic hydroxyl groups is 1. The van der Waals surface area contributed by atoms with E-state index in [0.717, 1.165) is 30.2 Å². The number of aromatic nitrogens is 1. The molecule has 5 atom stereocenters. The summed E-state index contributed by atoms with van der Waals surface area (Å²) in [6.07, 6.45) is 3.47. The van der Waals surface area contributed by atoms with Gasteiger partial charge in [0.05, 0.1) is 13.2 Å². The van der Waals surface area contributed by atoms with Crippen molar-refractivity contribution in [2.45, 2.75) is 44.2 Å². The SMILES string of the molecule is COc1cccc2[nH]c(C(=O)N3C[C@H]4CCC[C@H]4[C@H]3C(=O)N[C@H](C[C@H]3CCNC3=O)C(=O)CO)cc12. The molecular weight excluding hydrogens is 464 g/mol. The molecule has 3 fully saturated rings. The maximum Gasteiger partial charge on any atom is 0.271 e. The van der Waals surface area contributed by atoms with Gasteiger partial charge in [-0.1, -0.05) is 12.5 Å². The lowest BCUT2D eigenvalue weighted by Crippen LogP contribution is -2.53. The van der Waals surface area contributed by atoms with Crippen molar-refractivity contribution in [1.29, 1.82) is 0 Å². The summed E-state index contributed by atoms with van der Waals surface area (Å²) in [5, 5.41) is 15.8. The van der Waals surface area contributed by atoms with Crippen LogP contribution in [-0.4, -0.2) is 77.4 Å². The number of nitrogens with one attached hydrogen (secondary N) is 3. The molecule has 192 valence electrons. The van der Waals surface area contributed by atoms with Crippen LogP contribution >= 0.6 is 0 Å². The van der Waals surface area contributed by atoms with E-state index in [1.165, 1.54) is 0 Å².